The normalized spacial score (nSPS) is 22.2. The van der Waals surface area contributed by atoms with Crippen molar-refractivity contribution in [3.05, 3.63) is 0 Å². The van der Waals surface area contributed by atoms with Crippen LogP contribution in [0.2, 0.25) is 0 Å². The molecule has 1 unspecified atom stereocenters. The van der Waals surface area contributed by atoms with Crippen LogP contribution < -0.4 is 11.1 Å². The van der Waals surface area contributed by atoms with Crippen molar-refractivity contribution in [1.29, 1.82) is 0 Å². The maximum Gasteiger partial charge on any atom is 0.140 e. The average Bonchev–Trinajstić information content (AvgIpc) is 2.19. The van der Waals surface area contributed by atoms with Gasteiger partial charge in [-0.25, -0.2) is 0 Å². The van der Waals surface area contributed by atoms with Gasteiger partial charge in [-0.15, -0.1) is 0 Å². The van der Waals surface area contributed by atoms with Gasteiger partial charge in [0.15, 0.2) is 0 Å². The molecule has 4 N–H and O–H groups in total. The average molecular weight is 217 g/mol. The van der Waals surface area contributed by atoms with Gasteiger partial charge in [-0.05, 0) is 31.3 Å². The van der Waals surface area contributed by atoms with Crippen molar-refractivity contribution < 1.29 is 5.21 Å². The largest absolute Gasteiger partial charge is 0.409 e. The molecule has 5 heteroatoms. The number of rotatable bonds is 4. The van der Waals surface area contributed by atoms with Gasteiger partial charge in [0.05, 0.1) is 0 Å². The summed E-state index contributed by atoms with van der Waals surface area (Å²) in [6.07, 6.45) is 3.07. The van der Waals surface area contributed by atoms with Crippen LogP contribution in [0, 0.1) is 0 Å². The van der Waals surface area contributed by atoms with Crippen LogP contribution in [0.3, 0.4) is 0 Å². The summed E-state index contributed by atoms with van der Waals surface area (Å²) in [5.74, 6) is 2.79. The van der Waals surface area contributed by atoms with E-state index in [0.29, 0.717) is 24.3 Å². The molecule has 0 amide bonds. The summed E-state index contributed by atoms with van der Waals surface area (Å²) in [7, 11) is 0. The SMILES string of the molecule is CC(CC(N)=NO)NC1CCSCC1. The summed E-state index contributed by atoms with van der Waals surface area (Å²) in [5.41, 5.74) is 5.43. The predicted octanol–water partition coefficient (Wildman–Crippen LogP) is 0.997. The Hall–Kier alpha value is -0.420. The molecular formula is C9H19N3OS. The molecule has 1 heterocycles. The van der Waals surface area contributed by atoms with E-state index in [9.17, 15) is 0 Å². The molecule has 0 aromatic rings. The highest BCUT2D eigenvalue weighted by atomic mass is 32.2. The van der Waals surface area contributed by atoms with E-state index in [4.69, 9.17) is 10.9 Å². The number of nitrogens with zero attached hydrogens (tertiary/aromatic N) is 1. The smallest absolute Gasteiger partial charge is 0.140 e. The lowest BCUT2D eigenvalue weighted by Crippen LogP contribution is -2.40. The Bertz CT molecular complexity index is 192. The van der Waals surface area contributed by atoms with Crippen molar-refractivity contribution in [2.75, 3.05) is 11.5 Å². The van der Waals surface area contributed by atoms with E-state index in [0.717, 1.165) is 0 Å². The van der Waals surface area contributed by atoms with E-state index in [2.05, 4.69) is 17.4 Å². The molecule has 0 radical (unpaired) electrons. The number of nitrogens with two attached hydrogens (primary N) is 1. The summed E-state index contributed by atoms with van der Waals surface area (Å²) >= 11 is 2.02. The zero-order chi connectivity index (χ0) is 10.4. The zero-order valence-electron chi connectivity index (χ0n) is 8.57. The third kappa shape index (κ3) is 4.19. The number of thioether (sulfide) groups is 1. The second kappa shape index (κ2) is 6.14. The molecule has 1 atom stereocenters. The molecule has 0 aliphatic carbocycles. The molecule has 1 aliphatic rings. The third-order valence-corrected chi connectivity index (χ3v) is 3.43. The molecule has 0 aromatic carbocycles. The van der Waals surface area contributed by atoms with Crippen molar-refractivity contribution in [3.63, 3.8) is 0 Å². The van der Waals surface area contributed by atoms with Crippen LogP contribution in [0.4, 0.5) is 0 Å². The van der Waals surface area contributed by atoms with E-state index in [1.807, 2.05) is 11.8 Å². The molecule has 4 nitrogen and oxygen atoms in total. The first-order valence-electron chi connectivity index (χ1n) is 5.02. The molecule has 0 aromatic heterocycles. The summed E-state index contributed by atoms with van der Waals surface area (Å²) < 4.78 is 0. The molecule has 1 fully saturated rings. The minimum atomic E-state index is 0.291. The van der Waals surface area contributed by atoms with E-state index < -0.39 is 0 Å². The third-order valence-electron chi connectivity index (χ3n) is 2.39. The van der Waals surface area contributed by atoms with E-state index in [-0.39, 0.29) is 0 Å². The molecule has 82 valence electrons. The Kier molecular flexibility index (Phi) is 5.11. The first-order valence-corrected chi connectivity index (χ1v) is 6.18. The van der Waals surface area contributed by atoms with Gasteiger partial charge in [-0.3, -0.25) is 0 Å². The van der Waals surface area contributed by atoms with Gasteiger partial charge in [-0.2, -0.15) is 11.8 Å². The molecule has 14 heavy (non-hydrogen) atoms. The van der Waals surface area contributed by atoms with Crippen LogP contribution in [0.5, 0.6) is 0 Å². The zero-order valence-corrected chi connectivity index (χ0v) is 9.39. The molecular weight excluding hydrogens is 198 g/mol. The lowest BCUT2D eigenvalue weighted by atomic mass is 10.1. The number of hydrogen-bond acceptors (Lipinski definition) is 4. The van der Waals surface area contributed by atoms with Crippen molar-refractivity contribution in [2.45, 2.75) is 38.3 Å². The fourth-order valence-corrected chi connectivity index (χ4v) is 2.79. The first-order chi connectivity index (χ1) is 6.72. The van der Waals surface area contributed by atoms with Crippen molar-refractivity contribution in [2.24, 2.45) is 10.9 Å². The Labute approximate surface area is 89.3 Å². The van der Waals surface area contributed by atoms with Crippen molar-refractivity contribution >= 4 is 17.6 Å². The Morgan fingerprint density at radius 1 is 1.64 bits per heavy atom. The van der Waals surface area contributed by atoms with Gasteiger partial charge in [0, 0.05) is 18.5 Å². The highest BCUT2D eigenvalue weighted by Crippen LogP contribution is 2.17. The van der Waals surface area contributed by atoms with Crippen LogP contribution >= 0.6 is 11.8 Å². The lowest BCUT2D eigenvalue weighted by molar-refractivity contribution is 0.315. The topological polar surface area (TPSA) is 70.6 Å². The van der Waals surface area contributed by atoms with Gasteiger partial charge >= 0.3 is 0 Å². The second-order valence-electron chi connectivity index (χ2n) is 3.75. The number of oxime groups is 1. The number of hydrogen-bond donors (Lipinski definition) is 3. The van der Waals surface area contributed by atoms with Crippen LogP contribution in [0.25, 0.3) is 0 Å². The van der Waals surface area contributed by atoms with Gasteiger partial charge in [-0.1, -0.05) is 5.16 Å². The Morgan fingerprint density at radius 3 is 2.86 bits per heavy atom. The lowest BCUT2D eigenvalue weighted by Gasteiger charge is -2.26. The molecule has 1 saturated heterocycles. The molecule has 0 saturated carbocycles. The molecule has 0 bridgehead atoms. The Balaban J connectivity index is 2.21. The van der Waals surface area contributed by atoms with Crippen LogP contribution in [0.1, 0.15) is 26.2 Å². The molecule has 1 aliphatic heterocycles. The highest BCUT2D eigenvalue weighted by Gasteiger charge is 2.16. The van der Waals surface area contributed by atoms with Gasteiger partial charge in [0.1, 0.15) is 5.84 Å². The highest BCUT2D eigenvalue weighted by molar-refractivity contribution is 7.99. The van der Waals surface area contributed by atoms with Gasteiger partial charge in [0.25, 0.3) is 0 Å². The maximum absolute atomic E-state index is 8.42. The number of nitrogens with one attached hydrogen (secondary N) is 1. The van der Waals surface area contributed by atoms with E-state index in [1.165, 1.54) is 24.3 Å². The Morgan fingerprint density at radius 2 is 2.29 bits per heavy atom. The fraction of sp³-hybridized carbons (Fsp3) is 0.889. The van der Waals surface area contributed by atoms with E-state index in [1.54, 1.807) is 0 Å². The van der Waals surface area contributed by atoms with E-state index >= 15 is 0 Å². The van der Waals surface area contributed by atoms with Crippen LogP contribution in [-0.2, 0) is 0 Å². The summed E-state index contributed by atoms with van der Waals surface area (Å²) in [4.78, 5) is 0. The summed E-state index contributed by atoms with van der Waals surface area (Å²) in [5, 5.41) is 14.9. The second-order valence-corrected chi connectivity index (χ2v) is 4.97. The van der Waals surface area contributed by atoms with Crippen LogP contribution in [0.15, 0.2) is 5.16 Å². The quantitative estimate of drug-likeness (QED) is 0.284. The molecule has 0 spiro atoms. The minimum absolute atomic E-state index is 0.291. The molecule has 1 rings (SSSR count). The maximum atomic E-state index is 8.42. The summed E-state index contributed by atoms with van der Waals surface area (Å²) in [6, 6.07) is 0.900. The monoisotopic (exact) mass is 217 g/mol. The first kappa shape index (κ1) is 11.7. The van der Waals surface area contributed by atoms with Gasteiger partial charge in [0.2, 0.25) is 0 Å². The standard InChI is InChI=1S/C9H19N3OS/c1-7(6-9(10)12-13)11-8-2-4-14-5-3-8/h7-8,11,13H,2-6H2,1H3,(H2,10,12). The fourth-order valence-electron chi connectivity index (χ4n) is 1.68. The minimum Gasteiger partial charge on any atom is -0.409 e. The van der Waals surface area contributed by atoms with Crippen molar-refractivity contribution in [1.82, 2.24) is 5.32 Å². The predicted molar refractivity (Wildman–Crippen MR) is 61.0 cm³/mol. The van der Waals surface area contributed by atoms with Crippen LogP contribution in [-0.4, -0.2) is 34.6 Å². The number of amidine groups is 1. The summed E-state index contributed by atoms with van der Waals surface area (Å²) in [6.45, 7) is 2.07. The van der Waals surface area contributed by atoms with Crippen molar-refractivity contribution in [3.8, 4) is 0 Å². The van der Waals surface area contributed by atoms with Gasteiger partial charge < -0.3 is 16.3 Å².